The first-order valence-corrected chi connectivity index (χ1v) is 16.3. The molecule has 6 rings (SSSR count). The topological polar surface area (TPSA) is 61.8 Å². The minimum absolute atomic E-state index is 0.0407. The Bertz CT molecular complexity index is 1160. The third-order valence-electron chi connectivity index (χ3n) is 12.7. The molecule has 5 aliphatic rings. The van der Waals surface area contributed by atoms with Crippen LogP contribution in [0, 0.1) is 46.3 Å². The van der Waals surface area contributed by atoms with Gasteiger partial charge < -0.3 is 14.2 Å². The van der Waals surface area contributed by atoms with Crippen molar-refractivity contribution in [1.82, 2.24) is 0 Å². The predicted octanol–water partition coefficient (Wildman–Crippen LogP) is 7.78. The Hall–Kier alpha value is -2.14. The fourth-order valence-electron chi connectivity index (χ4n) is 10.8. The second kappa shape index (κ2) is 10.8. The highest BCUT2D eigenvalue weighted by molar-refractivity contribution is 5.89. The van der Waals surface area contributed by atoms with Crippen LogP contribution in [-0.2, 0) is 19.0 Å². The summed E-state index contributed by atoms with van der Waals surface area (Å²) in [5.41, 5.74) is 1.91. The Labute approximate surface area is 246 Å². The number of allylic oxidation sites excluding steroid dienone is 1. The highest BCUT2D eigenvalue weighted by Crippen LogP contribution is 2.70. The van der Waals surface area contributed by atoms with Crippen LogP contribution < -0.4 is 0 Å². The molecule has 4 saturated carbocycles. The number of benzene rings is 1. The Balaban J connectivity index is 1.31. The Morgan fingerprint density at radius 1 is 1.00 bits per heavy atom. The van der Waals surface area contributed by atoms with Crippen molar-refractivity contribution in [3.05, 3.63) is 48.0 Å². The van der Waals surface area contributed by atoms with Gasteiger partial charge in [-0.15, -0.1) is 6.58 Å². The normalized spacial score (nSPS) is 44.6. The van der Waals surface area contributed by atoms with E-state index in [-0.39, 0.29) is 47.2 Å². The van der Waals surface area contributed by atoms with Gasteiger partial charge in [-0.25, -0.2) is 4.79 Å². The molecule has 5 fully saturated rings. The molecule has 1 aromatic rings. The number of hydrogen-bond acceptors (Lipinski definition) is 5. The maximum absolute atomic E-state index is 13.6. The van der Waals surface area contributed by atoms with Crippen LogP contribution in [0.2, 0.25) is 0 Å². The molecule has 6 unspecified atom stereocenters. The zero-order chi connectivity index (χ0) is 29.1. The minimum atomic E-state index is -0.195. The van der Waals surface area contributed by atoms with Crippen molar-refractivity contribution in [2.75, 3.05) is 0 Å². The summed E-state index contributed by atoms with van der Waals surface area (Å²) >= 11 is 0. The van der Waals surface area contributed by atoms with Gasteiger partial charge in [0.15, 0.2) is 0 Å². The van der Waals surface area contributed by atoms with Crippen LogP contribution in [0.4, 0.5) is 0 Å². The highest BCUT2D eigenvalue weighted by atomic mass is 16.5. The van der Waals surface area contributed by atoms with E-state index in [0.717, 1.165) is 44.9 Å². The molecule has 1 saturated heterocycles. The molecule has 0 N–H and O–H groups in total. The van der Waals surface area contributed by atoms with Gasteiger partial charge in [0.2, 0.25) is 0 Å². The van der Waals surface area contributed by atoms with E-state index in [9.17, 15) is 9.59 Å². The summed E-state index contributed by atoms with van der Waals surface area (Å²) in [5.74, 6) is 2.60. The average Bonchev–Trinajstić information content (AvgIpc) is 3.41. The summed E-state index contributed by atoms with van der Waals surface area (Å²) in [7, 11) is 0. The van der Waals surface area contributed by atoms with E-state index in [1.807, 2.05) is 30.3 Å². The molecule has 41 heavy (non-hydrogen) atoms. The molecule has 0 radical (unpaired) electrons. The molecule has 1 heterocycles. The third-order valence-corrected chi connectivity index (χ3v) is 12.7. The molecule has 0 spiro atoms. The van der Waals surface area contributed by atoms with Gasteiger partial charge in [0, 0.05) is 12.3 Å². The molecule has 0 amide bonds. The lowest BCUT2D eigenvalue weighted by Crippen LogP contribution is -2.60. The maximum atomic E-state index is 13.6. The fourth-order valence-corrected chi connectivity index (χ4v) is 10.8. The first-order valence-electron chi connectivity index (χ1n) is 16.3. The summed E-state index contributed by atoms with van der Waals surface area (Å²) in [6, 6.07) is 9.51. The number of rotatable bonds is 6. The SMILES string of the molecule is C=C(C)CC[C@H]1OC2CC3C4CCC5C[C@@H](OC(C)=O)CC[C@]5(C)C4C[C@@H](OC(=O)c4ccccc4)[C@]3(C)C2[C@@H]1C. The number of hydrogen-bond donors (Lipinski definition) is 0. The van der Waals surface area contributed by atoms with Crippen LogP contribution in [-0.4, -0.2) is 36.4 Å². The molecule has 0 aromatic heterocycles. The summed E-state index contributed by atoms with van der Waals surface area (Å²) in [6.07, 6.45) is 9.78. The zero-order valence-corrected chi connectivity index (χ0v) is 25.8. The lowest BCUT2D eigenvalue weighted by Gasteiger charge is -2.62. The fraction of sp³-hybridized carbons (Fsp3) is 0.722. The van der Waals surface area contributed by atoms with Crippen molar-refractivity contribution in [2.24, 2.45) is 46.3 Å². The average molecular weight is 563 g/mol. The van der Waals surface area contributed by atoms with Crippen molar-refractivity contribution in [2.45, 2.75) is 117 Å². The maximum Gasteiger partial charge on any atom is 0.338 e. The van der Waals surface area contributed by atoms with Gasteiger partial charge in [0.05, 0.1) is 17.8 Å². The van der Waals surface area contributed by atoms with Crippen LogP contribution >= 0.6 is 0 Å². The van der Waals surface area contributed by atoms with Crippen molar-refractivity contribution >= 4 is 11.9 Å². The molecule has 0 bridgehead atoms. The van der Waals surface area contributed by atoms with Crippen molar-refractivity contribution < 1.29 is 23.8 Å². The van der Waals surface area contributed by atoms with Crippen LogP contribution in [0.15, 0.2) is 42.5 Å². The molecule has 5 heteroatoms. The smallest absolute Gasteiger partial charge is 0.338 e. The van der Waals surface area contributed by atoms with E-state index in [0.29, 0.717) is 41.1 Å². The van der Waals surface area contributed by atoms with E-state index < -0.39 is 0 Å². The number of carbonyl (C=O) groups is 2. The molecule has 5 nitrogen and oxygen atoms in total. The molecule has 12 atom stereocenters. The summed E-state index contributed by atoms with van der Waals surface area (Å²) in [5, 5.41) is 0. The highest BCUT2D eigenvalue weighted by Gasteiger charge is 2.69. The van der Waals surface area contributed by atoms with Gasteiger partial charge >= 0.3 is 11.9 Å². The molecule has 4 aliphatic carbocycles. The van der Waals surface area contributed by atoms with Gasteiger partial charge in [0.1, 0.15) is 12.2 Å². The second-order valence-electron chi connectivity index (χ2n) is 14.9. The molecular formula is C36H50O5. The molecule has 224 valence electrons. The van der Waals surface area contributed by atoms with Crippen LogP contribution in [0.25, 0.3) is 0 Å². The molecule has 1 aromatic carbocycles. The Morgan fingerprint density at radius 3 is 2.46 bits per heavy atom. The quantitative estimate of drug-likeness (QED) is 0.262. The van der Waals surface area contributed by atoms with E-state index in [2.05, 4.69) is 34.3 Å². The van der Waals surface area contributed by atoms with Crippen molar-refractivity contribution in [1.29, 1.82) is 0 Å². The van der Waals surface area contributed by atoms with Gasteiger partial charge in [-0.2, -0.15) is 0 Å². The number of ether oxygens (including phenoxy) is 3. The van der Waals surface area contributed by atoms with Crippen LogP contribution in [0.1, 0.15) is 103 Å². The summed E-state index contributed by atoms with van der Waals surface area (Å²) in [6.45, 7) is 15.1. The first kappa shape index (κ1) is 29.0. The number of fused-ring (bicyclic) bond motifs is 7. The number of carbonyl (C=O) groups excluding carboxylic acids is 2. The van der Waals surface area contributed by atoms with Gasteiger partial charge in [-0.3, -0.25) is 4.79 Å². The van der Waals surface area contributed by atoms with Gasteiger partial charge in [-0.05, 0) is 118 Å². The lowest BCUT2D eigenvalue weighted by molar-refractivity contribution is -0.181. The van der Waals surface area contributed by atoms with Gasteiger partial charge in [0.25, 0.3) is 0 Å². The predicted molar refractivity (Wildman–Crippen MR) is 159 cm³/mol. The van der Waals surface area contributed by atoms with E-state index in [4.69, 9.17) is 14.2 Å². The van der Waals surface area contributed by atoms with Crippen molar-refractivity contribution in [3.63, 3.8) is 0 Å². The minimum Gasteiger partial charge on any atom is -0.463 e. The molecular weight excluding hydrogens is 512 g/mol. The number of esters is 2. The second-order valence-corrected chi connectivity index (χ2v) is 14.9. The van der Waals surface area contributed by atoms with Crippen LogP contribution in [0.5, 0.6) is 0 Å². The largest absolute Gasteiger partial charge is 0.463 e. The zero-order valence-electron chi connectivity index (χ0n) is 25.8. The van der Waals surface area contributed by atoms with E-state index in [1.165, 1.54) is 25.3 Å². The van der Waals surface area contributed by atoms with Gasteiger partial charge in [-0.1, -0.05) is 44.5 Å². The monoisotopic (exact) mass is 562 g/mol. The van der Waals surface area contributed by atoms with E-state index >= 15 is 0 Å². The summed E-state index contributed by atoms with van der Waals surface area (Å²) < 4.78 is 19.2. The standard InChI is InChI=1S/C36H50O5/c1-21(2)12-15-30-22(3)33-31(40-30)19-29-27-14-13-25-18-26(39-23(4)37)16-17-35(25,5)28(27)20-32(36(29,33)6)41-34(38)24-10-8-7-9-11-24/h7-11,22,25-33H,1,12-20H2,2-6H3/t22-,25?,26+,27?,28?,29?,30-,31?,32-,33?,35+,36-/m1/s1. The Kier molecular flexibility index (Phi) is 7.66. The van der Waals surface area contributed by atoms with E-state index in [1.54, 1.807) is 0 Å². The third kappa shape index (κ3) is 4.88. The summed E-state index contributed by atoms with van der Waals surface area (Å²) in [4.78, 5) is 25.4. The van der Waals surface area contributed by atoms with Crippen molar-refractivity contribution in [3.8, 4) is 0 Å². The molecule has 1 aliphatic heterocycles. The lowest BCUT2D eigenvalue weighted by atomic mass is 9.43. The Morgan fingerprint density at radius 2 is 1.76 bits per heavy atom. The van der Waals surface area contributed by atoms with Crippen LogP contribution in [0.3, 0.4) is 0 Å². The first-order chi connectivity index (χ1) is 19.5.